The summed E-state index contributed by atoms with van der Waals surface area (Å²) in [6, 6.07) is 3.77. The molecule has 0 fully saturated rings. The first-order chi connectivity index (χ1) is 6.92. The van der Waals surface area contributed by atoms with E-state index in [1.165, 1.54) is 6.33 Å². The number of rotatable bonds is 2. The first-order valence-electron chi connectivity index (χ1n) is 4.17. The van der Waals surface area contributed by atoms with E-state index in [-0.39, 0.29) is 0 Å². The molecule has 0 atom stereocenters. The summed E-state index contributed by atoms with van der Waals surface area (Å²) in [5, 5.41) is 10.7. The molecule has 1 N–H and O–H groups in total. The lowest BCUT2D eigenvalue weighted by Crippen LogP contribution is -1.99. The maximum atomic E-state index is 4.06. The maximum absolute atomic E-state index is 4.06. The SMILES string of the molecule is CNc1ncnnc1-c1cccnc1. The van der Waals surface area contributed by atoms with Crippen molar-refractivity contribution in [1.82, 2.24) is 20.2 Å². The predicted molar refractivity (Wildman–Crippen MR) is 52.6 cm³/mol. The fourth-order valence-corrected chi connectivity index (χ4v) is 1.16. The second-order valence-corrected chi connectivity index (χ2v) is 2.65. The first kappa shape index (κ1) is 8.55. The number of aromatic nitrogens is 4. The van der Waals surface area contributed by atoms with E-state index in [1.807, 2.05) is 12.1 Å². The smallest absolute Gasteiger partial charge is 0.156 e. The average Bonchev–Trinajstić information content (AvgIpc) is 2.30. The highest BCUT2D eigenvalue weighted by Crippen LogP contribution is 2.20. The number of hydrogen-bond acceptors (Lipinski definition) is 5. The van der Waals surface area contributed by atoms with Gasteiger partial charge in [0.2, 0.25) is 0 Å². The normalized spacial score (nSPS) is 9.79. The summed E-state index contributed by atoms with van der Waals surface area (Å²) in [6.07, 6.45) is 4.85. The van der Waals surface area contributed by atoms with Crippen LogP contribution in [-0.2, 0) is 0 Å². The van der Waals surface area contributed by atoms with Crippen LogP contribution in [0.4, 0.5) is 5.82 Å². The van der Waals surface area contributed by atoms with Crippen LogP contribution in [0.1, 0.15) is 0 Å². The minimum absolute atomic E-state index is 0.702. The van der Waals surface area contributed by atoms with Crippen LogP contribution in [0, 0.1) is 0 Å². The number of hydrogen-bond donors (Lipinski definition) is 1. The van der Waals surface area contributed by atoms with Crippen molar-refractivity contribution in [3.8, 4) is 11.3 Å². The molecule has 2 aromatic rings. The highest BCUT2D eigenvalue weighted by molar-refractivity contribution is 5.69. The first-order valence-corrected chi connectivity index (χ1v) is 4.17. The molecule has 2 rings (SSSR count). The minimum atomic E-state index is 0.702. The standard InChI is InChI=1S/C9H9N5/c1-10-9-8(14-13-6-12-9)7-3-2-4-11-5-7/h2-6H,1H3,(H,10,12,13). The zero-order chi connectivity index (χ0) is 9.80. The van der Waals surface area contributed by atoms with Gasteiger partial charge in [0, 0.05) is 25.0 Å². The van der Waals surface area contributed by atoms with Gasteiger partial charge >= 0.3 is 0 Å². The Morgan fingerprint density at radius 1 is 1.36 bits per heavy atom. The molecule has 0 bridgehead atoms. The largest absolute Gasteiger partial charge is 0.371 e. The second kappa shape index (κ2) is 3.78. The number of pyridine rings is 1. The molecule has 2 aromatic heterocycles. The monoisotopic (exact) mass is 187 g/mol. The fourth-order valence-electron chi connectivity index (χ4n) is 1.16. The molecular weight excluding hydrogens is 178 g/mol. The molecule has 0 amide bonds. The van der Waals surface area contributed by atoms with Gasteiger partial charge in [-0.25, -0.2) is 4.98 Å². The number of nitrogens with one attached hydrogen (secondary N) is 1. The Kier molecular flexibility index (Phi) is 2.31. The Morgan fingerprint density at radius 3 is 3.00 bits per heavy atom. The topological polar surface area (TPSA) is 63.6 Å². The minimum Gasteiger partial charge on any atom is -0.371 e. The average molecular weight is 187 g/mol. The highest BCUT2D eigenvalue weighted by Gasteiger charge is 2.06. The van der Waals surface area contributed by atoms with E-state index in [0.29, 0.717) is 11.5 Å². The molecule has 0 aromatic carbocycles. The van der Waals surface area contributed by atoms with Gasteiger partial charge < -0.3 is 5.32 Å². The molecule has 0 aliphatic carbocycles. The Bertz CT molecular complexity index is 415. The van der Waals surface area contributed by atoms with Gasteiger partial charge in [-0.2, -0.15) is 0 Å². The van der Waals surface area contributed by atoms with E-state index in [2.05, 4.69) is 25.5 Å². The van der Waals surface area contributed by atoms with E-state index >= 15 is 0 Å². The Hall–Kier alpha value is -2.04. The Labute approximate surface area is 81.3 Å². The molecule has 14 heavy (non-hydrogen) atoms. The lowest BCUT2D eigenvalue weighted by molar-refractivity contribution is 0.976. The fraction of sp³-hybridized carbons (Fsp3) is 0.111. The summed E-state index contributed by atoms with van der Waals surface area (Å²) in [7, 11) is 1.80. The van der Waals surface area contributed by atoms with Crippen molar-refractivity contribution in [3.05, 3.63) is 30.9 Å². The van der Waals surface area contributed by atoms with Crippen LogP contribution in [0.15, 0.2) is 30.9 Å². The van der Waals surface area contributed by atoms with Crippen molar-refractivity contribution in [2.24, 2.45) is 0 Å². The highest BCUT2D eigenvalue weighted by atomic mass is 15.2. The third kappa shape index (κ3) is 1.52. The van der Waals surface area contributed by atoms with E-state index < -0.39 is 0 Å². The number of nitrogens with zero attached hydrogens (tertiary/aromatic N) is 4. The van der Waals surface area contributed by atoms with Crippen molar-refractivity contribution in [3.63, 3.8) is 0 Å². The van der Waals surface area contributed by atoms with Crippen LogP contribution in [0.2, 0.25) is 0 Å². The Balaban J connectivity index is 2.51. The van der Waals surface area contributed by atoms with E-state index in [1.54, 1.807) is 19.4 Å². The van der Waals surface area contributed by atoms with Gasteiger partial charge in [-0.3, -0.25) is 4.98 Å². The van der Waals surface area contributed by atoms with E-state index in [9.17, 15) is 0 Å². The van der Waals surface area contributed by atoms with Crippen molar-refractivity contribution in [2.45, 2.75) is 0 Å². The third-order valence-electron chi connectivity index (χ3n) is 1.79. The molecule has 0 saturated heterocycles. The van der Waals surface area contributed by atoms with Crippen molar-refractivity contribution in [2.75, 3.05) is 12.4 Å². The lowest BCUT2D eigenvalue weighted by atomic mass is 10.2. The quantitative estimate of drug-likeness (QED) is 0.759. The Morgan fingerprint density at radius 2 is 2.29 bits per heavy atom. The van der Waals surface area contributed by atoms with Gasteiger partial charge in [0.25, 0.3) is 0 Å². The van der Waals surface area contributed by atoms with E-state index in [0.717, 1.165) is 5.56 Å². The third-order valence-corrected chi connectivity index (χ3v) is 1.79. The van der Waals surface area contributed by atoms with Gasteiger partial charge in [0.05, 0.1) is 0 Å². The van der Waals surface area contributed by atoms with Crippen molar-refractivity contribution in [1.29, 1.82) is 0 Å². The van der Waals surface area contributed by atoms with Gasteiger partial charge in [-0.05, 0) is 12.1 Å². The van der Waals surface area contributed by atoms with Crippen LogP contribution in [0.3, 0.4) is 0 Å². The predicted octanol–water partition coefficient (Wildman–Crippen LogP) is 0.975. The molecule has 5 nitrogen and oxygen atoms in total. The summed E-state index contributed by atoms with van der Waals surface area (Å²) >= 11 is 0. The van der Waals surface area contributed by atoms with Crippen molar-refractivity contribution < 1.29 is 0 Å². The van der Waals surface area contributed by atoms with Crippen LogP contribution < -0.4 is 5.32 Å². The summed E-state index contributed by atoms with van der Waals surface area (Å²) in [6.45, 7) is 0. The van der Waals surface area contributed by atoms with Gasteiger partial charge in [0.15, 0.2) is 5.82 Å². The van der Waals surface area contributed by atoms with Crippen LogP contribution in [0.25, 0.3) is 11.3 Å². The summed E-state index contributed by atoms with van der Waals surface area (Å²) in [5.41, 5.74) is 1.61. The lowest BCUT2D eigenvalue weighted by Gasteiger charge is -2.03. The molecule has 0 aliphatic rings. The molecule has 0 unspecified atom stereocenters. The maximum Gasteiger partial charge on any atom is 0.156 e. The molecular formula is C9H9N5. The molecule has 70 valence electrons. The summed E-state index contributed by atoms with van der Waals surface area (Å²) in [4.78, 5) is 8.07. The van der Waals surface area contributed by atoms with Crippen molar-refractivity contribution >= 4 is 5.82 Å². The molecule has 0 saturated carbocycles. The molecule has 0 spiro atoms. The van der Waals surface area contributed by atoms with Crippen LogP contribution in [0.5, 0.6) is 0 Å². The van der Waals surface area contributed by atoms with Gasteiger partial charge in [-0.1, -0.05) is 0 Å². The zero-order valence-electron chi connectivity index (χ0n) is 7.68. The zero-order valence-corrected chi connectivity index (χ0v) is 7.68. The van der Waals surface area contributed by atoms with Gasteiger partial charge in [-0.15, -0.1) is 10.2 Å². The second-order valence-electron chi connectivity index (χ2n) is 2.65. The summed E-state index contributed by atoms with van der Waals surface area (Å²) in [5.74, 6) is 0.702. The molecule has 0 radical (unpaired) electrons. The number of anilines is 1. The molecule has 0 aliphatic heterocycles. The molecule has 5 heteroatoms. The summed E-state index contributed by atoms with van der Waals surface area (Å²) < 4.78 is 0. The van der Waals surface area contributed by atoms with Gasteiger partial charge in [0.1, 0.15) is 12.0 Å². The van der Waals surface area contributed by atoms with Crippen LogP contribution >= 0.6 is 0 Å². The van der Waals surface area contributed by atoms with E-state index in [4.69, 9.17) is 0 Å². The van der Waals surface area contributed by atoms with Crippen LogP contribution in [-0.4, -0.2) is 27.2 Å². The molecule has 2 heterocycles.